The van der Waals surface area contributed by atoms with Crippen LogP contribution >= 0.6 is 12.6 Å². The first kappa shape index (κ1) is 15.0. The van der Waals surface area contributed by atoms with Gasteiger partial charge in [-0.2, -0.15) is 30.9 Å². The van der Waals surface area contributed by atoms with E-state index in [0.29, 0.717) is 5.69 Å². The molecule has 0 unspecified atom stereocenters. The summed E-state index contributed by atoms with van der Waals surface area (Å²) in [5, 5.41) is 3.91. The van der Waals surface area contributed by atoms with E-state index < -0.39 is 11.9 Å². The summed E-state index contributed by atoms with van der Waals surface area (Å²) in [6.07, 6.45) is -3.23. The molecule has 0 atom stereocenters. The number of benzene rings is 1. The summed E-state index contributed by atoms with van der Waals surface area (Å²) < 4.78 is 40.7. The zero-order valence-electron chi connectivity index (χ0n) is 11.1. The van der Waals surface area contributed by atoms with Crippen LogP contribution in [-0.2, 0) is 11.9 Å². The molecule has 1 aromatic heterocycles. The lowest BCUT2D eigenvalue weighted by Gasteiger charge is -2.16. The Kier molecular flexibility index (Phi) is 4.13. The van der Waals surface area contributed by atoms with Crippen molar-refractivity contribution in [2.45, 2.75) is 31.7 Å². The van der Waals surface area contributed by atoms with Crippen LogP contribution in [0.25, 0.3) is 5.69 Å². The van der Waals surface area contributed by atoms with Gasteiger partial charge in [-0.1, -0.05) is 32.0 Å². The fourth-order valence-corrected chi connectivity index (χ4v) is 2.38. The first-order valence-electron chi connectivity index (χ1n) is 6.20. The van der Waals surface area contributed by atoms with Crippen LogP contribution < -0.4 is 0 Å². The molecule has 0 saturated carbocycles. The Morgan fingerprint density at radius 2 is 1.90 bits per heavy atom. The maximum atomic E-state index is 13.3. The first-order chi connectivity index (χ1) is 9.36. The van der Waals surface area contributed by atoms with E-state index in [4.69, 9.17) is 0 Å². The number of thiol groups is 1. The molecule has 0 aliphatic heterocycles. The van der Waals surface area contributed by atoms with Gasteiger partial charge >= 0.3 is 6.18 Å². The molecule has 0 spiro atoms. The number of rotatable bonds is 3. The van der Waals surface area contributed by atoms with Crippen molar-refractivity contribution in [1.82, 2.24) is 9.78 Å². The minimum absolute atomic E-state index is 0.00130. The van der Waals surface area contributed by atoms with Gasteiger partial charge in [0, 0.05) is 11.3 Å². The fourth-order valence-electron chi connectivity index (χ4n) is 2.15. The maximum absolute atomic E-state index is 13.3. The van der Waals surface area contributed by atoms with E-state index in [1.165, 1.54) is 6.20 Å². The molecular formula is C14H15F3N2S. The van der Waals surface area contributed by atoms with Crippen molar-refractivity contribution in [2.24, 2.45) is 0 Å². The molecule has 0 amide bonds. The number of halogens is 3. The van der Waals surface area contributed by atoms with Gasteiger partial charge in [0.15, 0.2) is 5.69 Å². The Hall–Kier alpha value is -1.43. The van der Waals surface area contributed by atoms with E-state index in [9.17, 15) is 13.2 Å². The van der Waals surface area contributed by atoms with E-state index >= 15 is 0 Å². The number of alkyl halides is 3. The summed E-state index contributed by atoms with van der Waals surface area (Å²) in [5.74, 6) is 0.106. The summed E-state index contributed by atoms with van der Waals surface area (Å²) >= 11 is 3.95. The van der Waals surface area contributed by atoms with Gasteiger partial charge in [-0.15, -0.1) is 0 Å². The van der Waals surface area contributed by atoms with Gasteiger partial charge in [-0.3, -0.25) is 0 Å². The first-order valence-corrected chi connectivity index (χ1v) is 6.83. The second kappa shape index (κ2) is 5.52. The van der Waals surface area contributed by atoms with Crippen molar-refractivity contribution in [3.05, 3.63) is 47.3 Å². The summed E-state index contributed by atoms with van der Waals surface area (Å²) in [5.41, 5.74) is 0.620. The second-order valence-electron chi connectivity index (χ2n) is 4.80. The number of para-hydroxylation sites is 1. The van der Waals surface area contributed by atoms with E-state index in [-0.39, 0.29) is 17.2 Å². The van der Waals surface area contributed by atoms with Crippen molar-refractivity contribution in [1.29, 1.82) is 0 Å². The van der Waals surface area contributed by atoms with Gasteiger partial charge in [0.25, 0.3) is 0 Å². The Balaban J connectivity index is 2.68. The average molecular weight is 300 g/mol. The molecule has 2 nitrogen and oxygen atoms in total. The molecule has 2 rings (SSSR count). The van der Waals surface area contributed by atoms with E-state index in [1.54, 1.807) is 12.1 Å². The lowest BCUT2D eigenvalue weighted by molar-refractivity contribution is -0.143. The third-order valence-corrected chi connectivity index (χ3v) is 3.41. The maximum Gasteiger partial charge on any atom is 0.433 e. The van der Waals surface area contributed by atoms with Gasteiger partial charge in [-0.25, -0.2) is 4.68 Å². The van der Waals surface area contributed by atoms with Gasteiger partial charge in [0.05, 0.1) is 11.9 Å². The highest BCUT2D eigenvalue weighted by Gasteiger charge is 2.38. The molecule has 1 heterocycles. The minimum atomic E-state index is -4.46. The van der Waals surface area contributed by atoms with E-state index in [2.05, 4.69) is 17.7 Å². The number of nitrogens with zero attached hydrogens (tertiary/aromatic N) is 2. The normalized spacial score (nSPS) is 12.2. The van der Waals surface area contributed by atoms with Crippen LogP contribution in [0, 0.1) is 0 Å². The monoisotopic (exact) mass is 300 g/mol. The second-order valence-corrected chi connectivity index (χ2v) is 5.12. The summed E-state index contributed by atoms with van der Waals surface area (Å²) in [6, 6.07) is 7.00. The standard InChI is InChI=1S/C14H15F3N2S/c1-9(2)11-5-3-4-6-12(11)19-13(14(15,16)17)10(8-20)7-18-19/h3-7,9,20H,8H2,1-2H3. The highest BCUT2D eigenvalue weighted by Crippen LogP contribution is 2.35. The third-order valence-electron chi connectivity index (χ3n) is 3.07. The van der Waals surface area contributed by atoms with Gasteiger partial charge in [0.1, 0.15) is 0 Å². The highest BCUT2D eigenvalue weighted by atomic mass is 32.1. The molecule has 2 aromatic rings. The van der Waals surface area contributed by atoms with Gasteiger partial charge in [-0.05, 0) is 17.5 Å². The van der Waals surface area contributed by atoms with Gasteiger partial charge in [0.2, 0.25) is 0 Å². The lowest BCUT2D eigenvalue weighted by atomic mass is 10.0. The number of hydrogen-bond donors (Lipinski definition) is 1. The zero-order chi connectivity index (χ0) is 14.9. The molecule has 0 radical (unpaired) electrons. The molecule has 0 bridgehead atoms. The molecule has 0 saturated heterocycles. The van der Waals surface area contributed by atoms with E-state index in [1.807, 2.05) is 26.0 Å². The molecule has 0 N–H and O–H groups in total. The van der Waals surface area contributed by atoms with Crippen molar-refractivity contribution in [3.63, 3.8) is 0 Å². The van der Waals surface area contributed by atoms with Crippen LogP contribution in [0.2, 0.25) is 0 Å². The number of hydrogen-bond acceptors (Lipinski definition) is 2. The molecule has 0 fully saturated rings. The van der Waals surface area contributed by atoms with Crippen LogP contribution in [0.1, 0.15) is 36.6 Å². The largest absolute Gasteiger partial charge is 0.433 e. The SMILES string of the molecule is CC(C)c1ccccc1-n1ncc(CS)c1C(F)(F)F. The molecule has 1 aromatic carbocycles. The van der Waals surface area contributed by atoms with Crippen LogP contribution in [0.5, 0.6) is 0 Å². The predicted molar refractivity (Wildman–Crippen MR) is 75.3 cm³/mol. The average Bonchev–Trinajstić information content (AvgIpc) is 2.82. The Bertz CT molecular complexity index is 603. The third kappa shape index (κ3) is 2.70. The van der Waals surface area contributed by atoms with E-state index in [0.717, 1.165) is 10.2 Å². The predicted octanol–water partition coefficient (Wildman–Crippen LogP) is 4.44. The lowest BCUT2D eigenvalue weighted by Crippen LogP contribution is -2.16. The van der Waals surface area contributed by atoms with Crippen LogP contribution in [0.3, 0.4) is 0 Å². The highest BCUT2D eigenvalue weighted by molar-refractivity contribution is 7.79. The Labute approximate surface area is 121 Å². The van der Waals surface area contributed by atoms with Gasteiger partial charge < -0.3 is 0 Å². The molecule has 0 aliphatic rings. The minimum Gasteiger partial charge on any atom is -0.228 e. The summed E-state index contributed by atoms with van der Waals surface area (Å²) in [7, 11) is 0. The van der Waals surface area contributed by atoms with Crippen molar-refractivity contribution >= 4 is 12.6 Å². The van der Waals surface area contributed by atoms with Crippen LogP contribution in [0.15, 0.2) is 30.5 Å². The molecule has 0 aliphatic carbocycles. The quantitative estimate of drug-likeness (QED) is 0.829. The van der Waals surface area contributed by atoms with Crippen LogP contribution in [0.4, 0.5) is 13.2 Å². The summed E-state index contributed by atoms with van der Waals surface area (Å²) in [4.78, 5) is 0. The smallest absolute Gasteiger partial charge is 0.228 e. The topological polar surface area (TPSA) is 17.8 Å². The van der Waals surface area contributed by atoms with Crippen molar-refractivity contribution in [3.8, 4) is 5.69 Å². The molecule has 108 valence electrons. The number of aromatic nitrogens is 2. The molecule has 6 heteroatoms. The fraction of sp³-hybridized carbons (Fsp3) is 0.357. The molecular weight excluding hydrogens is 285 g/mol. The Morgan fingerprint density at radius 3 is 2.45 bits per heavy atom. The Morgan fingerprint density at radius 1 is 1.25 bits per heavy atom. The molecule has 20 heavy (non-hydrogen) atoms. The van der Waals surface area contributed by atoms with Crippen molar-refractivity contribution in [2.75, 3.05) is 0 Å². The van der Waals surface area contributed by atoms with Crippen molar-refractivity contribution < 1.29 is 13.2 Å². The van der Waals surface area contributed by atoms with Crippen LogP contribution in [-0.4, -0.2) is 9.78 Å². The zero-order valence-corrected chi connectivity index (χ0v) is 12.0. The summed E-state index contributed by atoms with van der Waals surface area (Å²) in [6.45, 7) is 3.88.